The molecular weight excluding hydrogens is 395 g/mol. The third-order valence-corrected chi connectivity index (χ3v) is 4.53. The number of alkyl halides is 3. The summed E-state index contributed by atoms with van der Waals surface area (Å²) >= 11 is 0. The van der Waals surface area contributed by atoms with Crippen molar-refractivity contribution >= 4 is 16.7 Å². The predicted molar refractivity (Wildman–Crippen MR) is 105 cm³/mol. The Kier molecular flexibility index (Phi) is 4.99. The second-order valence-electron chi connectivity index (χ2n) is 6.48. The predicted octanol–water partition coefficient (Wildman–Crippen LogP) is 5.28. The van der Waals surface area contributed by atoms with Crippen LogP contribution in [0.2, 0.25) is 0 Å². The van der Waals surface area contributed by atoms with Crippen LogP contribution in [0, 0.1) is 0 Å². The highest BCUT2D eigenvalue weighted by atomic mass is 19.4. The summed E-state index contributed by atoms with van der Waals surface area (Å²) in [5.41, 5.74) is -0.141. The van der Waals surface area contributed by atoms with Gasteiger partial charge in [0.05, 0.1) is 12.3 Å². The molecule has 4 rings (SSSR count). The Bertz CT molecular complexity index is 1230. The molecule has 2 aromatic carbocycles. The van der Waals surface area contributed by atoms with Crippen molar-refractivity contribution < 1.29 is 22.7 Å². The fourth-order valence-corrected chi connectivity index (χ4v) is 3.17. The number of hydrogen-bond acceptors (Lipinski definition) is 4. The van der Waals surface area contributed by atoms with Crippen LogP contribution in [0.4, 0.5) is 13.2 Å². The number of carbonyl (C=O) groups is 1. The van der Waals surface area contributed by atoms with Crippen LogP contribution >= 0.6 is 0 Å². The molecule has 0 saturated carbocycles. The van der Waals surface area contributed by atoms with Crippen LogP contribution in [0.3, 0.4) is 0 Å². The zero-order chi connectivity index (χ0) is 21.3. The molecule has 30 heavy (non-hydrogen) atoms. The molecule has 8 heteroatoms. The van der Waals surface area contributed by atoms with E-state index in [0.717, 1.165) is 21.5 Å². The van der Waals surface area contributed by atoms with Crippen molar-refractivity contribution in [3.63, 3.8) is 0 Å². The summed E-state index contributed by atoms with van der Waals surface area (Å²) in [6, 6.07) is 16.7. The highest BCUT2D eigenvalue weighted by Gasteiger charge is 2.36. The van der Waals surface area contributed by atoms with Gasteiger partial charge in [0.25, 0.3) is 0 Å². The average molecular weight is 411 g/mol. The monoisotopic (exact) mass is 411 g/mol. The van der Waals surface area contributed by atoms with Crippen molar-refractivity contribution in [1.29, 1.82) is 0 Å². The van der Waals surface area contributed by atoms with Crippen molar-refractivity contribution in [2.24, 2.45) is 0 Å². The number of fused-ring (bicyclic) bond motifs is 1. The normalized spacial score (nSPS) is 11.6. The Balaban J connectivity index is 1.91. The van der Waals surface area contributed by atoms with E-state index in [4.69, 9.17) is 4.74 Å². The summed E-state index contributed by atoms with van der Waals surface area (Å²) < 4.78 is 46.5. The van der Waals surface area contributed by atoms with Crippen molar-refractivity contribution in [2.45, 2.75) is 13.1 Å². The molecule has 0 aliphatic rings. The van der Waals surface area contributed by atoms with Gasteiger partial charge in [0.1, 0.15) is 5.56 Å². The Labute approximate surface area is 169 Å². The first-order valence-electron chi connectivity index (χ1n) is 9.17. The van der Waals surface area contributed by atoms with Crippen LogP contribution in [0.5, 0.6) is 0 Å². The Morgan fingerprint density at radius 1 is 1.03 bits per heavy atom. The van der Waals surface area contributed by atoms with Gasteiger partial charge in [-0.3, -0.25) is 0 Å². The average Bonchev–Trinajstić information content (AvgIpc) is 3.18. The molecular formula is C22H16F3N3O2. The van der Waals surface area contributed by atoms with Gasteiger partial charge in [-0.25, -0.2) is 14.5 Å². The van der Waals surface area contributed by atoms with Crippen LogP contribution < -0.4 is 0 Å². The lowest BCUT2D eigenvalue weighted by molar-refractivity contribution is -0.137. The zero-order valence-electron chi connectivity index (χ0n) is 15.8. The number of benzene rings is 2. The number of halogens is 3. The Morgan fingerprint density at radius 3 is 2.53 bits per heavy atom. The third-order valence-electron chi connectivity index (χ3n) is 4.53. The number of pyridine rings is 1. The van der Waals surface area contributed by atoms with Crippen LogP contribution in [0.25, 0.3) is 27.8 Å². The highest BCUT2D eigenvalue weighted by Crippen LogP contribution is 2.34. The number of rotatable bonds is 4. The minimum atomic E-state index is -4.66. The topological polar surface area (TPSA) is 57.0 Å². The molecule has 0 atom stereocenters. The summed E-state index contributed by atoms with van der Waals surface area (Å²) in [4.78, 5) is 16.3. The zero-order valence-corrected chi connectivity index (χ0v) is 15.8. The van der Waals surface area contributed by atoms with Crippen LogP contribution in [-0.2, 0) is 10.9 Å². The molecule has 0 N–H and O–H groups in total. The maximum absolute atomic E-state index is 13.5. The van der Waals surface area contributed by atoms with Crippen molar-refractivity contribution in [1.82, 2.24) is 14.8 Å². The van der Waals surface area contributed by atoms with E-state index in [1.807, 2.05) is 36.4 Å². The second-order valence-corrected chi connectivity index (χ2v) is 6.48. The number of aromatic nitrogens is 3. The van der Waals surface area contributed by atoms with E-state index in [2.05, 4.69) is 10.1 Å². The number of hydrogen-bond donors (Lipinski definition) is 0. The van der Waals surface area contributed by atoms with Gasteiger partial charge in [-0.1, -0.05) is 36.4 Å². The molecule has 0 fully saturated rings. The van der Waals surface area contributed by atoms with Gasteiger partial charge in [-0.2, -0.15) is 18.3 Å². The minimum Gasteiger partial charge on any atom is -0.461 e. The molecule has 0 aliphatic carbocycles. The summed E-state index contributed by atoms with van der Waals surface area (Å²) in [6.45, 7) is 1.69. The SMILES string of the molecule is CCOC(=O)c1cc(-c2ccc3ccccc3c2)nn1-c1ncccc1C(F)(F)F. The van der Waals surface area contributed by atoms with E-state index in [0.29, 0.717) is 11.3 Å². The molecule has 2 aromatic heterocycles. The van der Waals surface area contributed by atoms with Crippen LogP contribution in [0.1, 0.15) is 23.0 Å². The van der Waals surface area contributed by atoms with Gasteiger partial charge < -0.3 is 4.74 Å². The van der Waals surface area contributed by atoms with E-state index < -0.39 is 23.5 Å². The lowest BCUT2D eigenvalue weighted by Crippen LogP contribution is -2.17. The first-order chi connectivity index (χ1) is 14.4. The minimum absolute atomic E-state index is 0.0731. The smallest absolute Gasteiger partial charge is 0.420 e. The maximum atomic E-state index is 13.5. The highest BCUT2D eigenvalue weighted by molar-refractivity contribution is 5.91. The standard InChI is InChI=1S/C22H16F3N3O2/c1-2-30-21(29)19-13-18(16-10-9-14-6-3-4-7-15(14)12-16)27-28(19)20-17(22(23,24)25)8-5-11-26-20/h3-13H,2H2,1H3. The van der Waals surface area contributed by atoms with Gasteiger partial charge in [0.2, 0.25) is 0 Å². The van der Waals surface area contributed by atoms with Crippen molar-refractivity contribution in [2.75, 3.05) is 6.61 Å². The fourth-order valence-electron chi connectivity index (χ4n) is 3.17. The second kappa shape index (κ2) is 7.62. The number of carbonyl (C=O) groups excluding carboxylic acids is 1. The summed E-state index contributed by atoms with van der Waals surface area (Å²) in [5.74, 6) is -1.27. The van der Waals surface area contributed by atoms with E-state index in [1.54, 1.807) is 13.0 Å². The Hall–Kier alpha value is -3.68. The molecule has 4 aromatic rings. The lowest BCUT2D eigenvalue weighted by atomic mass is 10.1. The fraction of sp³-hybridized carbons (Fsp3) is 0.136. The van der Waals surface area contributed by atoms with E-state index in [1.165, 1.54) is 18.3 Å². The maximum Gasteiger partial charge on any atom is 0.420 e. The van der Waals surface area contributed by atoms with Crippen molar-refractivity contribution in [3.8, 4) is 17.1 Å². The number of esters is 1. The molecule has 0 saturated heterocycles. The van der Waals surface area contributed by atoms with Gasteiger partial charge in [0.15, 0.2) is 11.5 Å². The van der Waals surface area contributed by atoms with Gasteiger partial charge in [-0.15, -0.1) is 0 Å². The molecule has 0 bridgehead atoms. The third kappa shape index (κ3) is 3.63. The molecule has 152 valence electrons. The molecule has 0 amide bonds. The Morgan fingerprint density at radius 2 is 1.80 bits per heavy atom. The van der Waals surface area contributed by atoms with E-state index in [-0.39, 0.29) is 12.3 Å². The van der Waals surface area contributed by atoms with Gasteiger partial charge in [0, 0.05) is 11.8 Å². The van der Waals surface area contributed by atoms with E-state index in [9.17, 15) is 18.0 Å². The van der Waals surface area contributed by atoms with Crippen LogP contribution in [0.15, 0.2) is 66.9 Å². The quantitative estimate of drug-likeness (QED) is 0.429. The number of nitrogens with zero attached hydrogens (tertiary/aromatic N) is 3. The molecule has 0 spiro atoms. The first kappa shape index (κ1) is 19.6. The van der Waals surface area contributed by atoms with Gasteiger partial charge in [-0.05, 0) is 42.0 Å². The van der Waals surface area contributed by atoms with Crippen molar-refractivity contribution in [3.05, 3.63) is 78.1 Å². The molecule has 0 radical (unpaired) electrons. The van der Waals surface area contributed by atoms with E-state index >= 15 is 0 Å². The van der Waals surface area contributed by atoms with Crippen LogP contribution in [-0.4, -0.2) is 27.3 Å². The lowest BCUT2D eigenvalue weighted by Gasteiger charge is -2.13. The molecule has 5 nitrogen and oxygen atoms in total. The summed E-state index contributed by atoms with van der Waals surface area (Å²) in [5, 5.41) is 6.24. The molecule has 0 unspecified atom stereocenters. The molecule has 2 heterocycles. The molecule has 0 aliphatic heterocycles. The largest absolute Gasteiger partial charge is 0.461 e. The summed E-state index contributed by atoms with van der Waals surface area (Å²) in [6.07, 6.45) is -3.44. The first-order valence-corrected chi connectivity index (χ1v) is 9.17. The summed E-state index contributed by atoms with van der Waals surface area (Å²) in [7, 11) is 0. The number of ether oxygens (including phenoxy) is 1. The van der Waals surface area contributed by atoms with Gasteiger partial charge >= 0.3 is 12.1 Å².